The van der Waals surface area contributed by atoms with E-state index in [9.17, 15) is 0 Å². The fraction of sp³-hybridized carbons (Fsp3) is 1.00. The maximum absolute atomic E-state index is 5.16. The molecule has 0 N–H and O–H groups in total. The lowest BCUT2D eigenvalue weighted by atomic mass is 10.1. The number of hydrogen-bond donors (Lipinski definition) is 0. The predicted molar refractivity (Wildman–Crippen MR) is 37.8 cm³/mol. The van der Waals surface area contributed by atoms with Gasteiger partial charge in [0.1, 0.15) is 10.5 Å². The lowest BCUT2D eigenvalue weighted by molar-refractivity contribution is 0.273. The van der Waals surface area contributed by atoms with E-state index in [0.717, 1.165) is 23.0 Å². The molecule has 0 aromatic carbocycles. The first-order valence-corrected chi connectivity index (χ1v) is 4.24. The van der Waals surface area contributed by atoms with Crippen LogP contribution in [0.4, 0.5) is 0 Å². The van der Waals surface area contributed by atoms with E-state index in [1.54, 1.807) is 0 Å². The molecule has 1 aliphatic rings. The van der Waals surface area contributed by atoms with Gasteiger partial charge in [0.2, 0.25) is 0 Å². The molecule has 1 nitrogen and oxygen atoms in total. The Morgan fingerprint density at radius 2 is 2.00 bits per heavy atom. The standard InChI is InChI=1S/C6H14OSi/c8-7-5-6-3-1-2-4-6/h6H,1-5H2,8H3. The van der Waals surface area contributed by atoms with Crippen molar-refractivity contribution in [3.05, 3.63) is 0 Å². The second-order valence-electron chi connectivity index (χ2n) is 2.61. The molecule has 8 heavy (non-hydrogen) atoms. The Labute approximate surface area is 54.0 Å². The van der Waals surface area contributed by atoms with E-state index < -0.39 is 0 Å². The topological polar surface area (TPSA) is 9.23 Å². The van der Waals surface area contributed by atoms with Gasteiger partial charge in [-0.1, -0.05) is 12.8 Å². The van der Waals surface area contributed by atoms with Crippen LogP contribution >= 0.6 is 0 Å². The summed E-state index contributed by atoms with van der Waals surface area (Å²) in [5, 5.41) is 0. The largest absolute Gasteiger partial charge is 0.428 e. The van der Waals surface area contributed by atoms with E-state index >= 15 is 0 Å². The van der Waals surface area contributed by atoms with Gasteiger partial charge in [-0.2, -0.15) is 0 Å². The van der Waals surface area contributed by atoms with E-state index in [2.05, 4.69) is 0 Å². The first-order valence-electron chi connectivity index (χ1n) is 3.42. The quantitative estimate of drug-likeness (QED) is 0.494. The molecule has 0 saturated heterocycles. The molecule has 0 bridgehead atoms. The molecule has 1 fully saturated rings. The van der Waals surface area contributed by atoms with Gasteiger partial charge in [-0.05, 0) is 18.8 Å². The Morgan fingerprint density at radius 3 is 2.50 bits per heavy atom. The van der Waals surface area contributed by atoms with E-state index in [1.165, 1.54) is 25.7 Å². The summed E-state index contributed by atoms with van der Waals surface area (Å²) < 4.78 is 5.16. The minimum Gasteiger partial charge on any atom is -0.428 e. The highest BCUT2D eigenvalue weighted by Gasteiger charge is 2.13. The van der Waals surface area contributed by atoms with Crippen molar-refractivity contribution < 1.29 is 4.43 Å². The van der Waals surface area contributed by atoms with Gasteiger partial charge < -0.3 is 4.43 Å². The fourth-order valence-corrected chi connectivity index (χ4v) is 1.88. The molecule has 0 aromatic heterocycles. The van der Waals surface area contributed by atoms with Crippen LogP contribution in [0.25, 0.3) is 0 Å². The van der Waals surface area contributed by atoms with Crippen molar-refractivity contribution in [1.29, 1.82) is 0 Å². The lowest BCUT2D eigenvalue weighted by Crippen LogP contribution is -2.02. The van der Waals surface area contributed by atoms with Crippen LogP contribution in [-0.2, 0) is 4.43 Å². The van der Waals surface area contributed by atoms with E-state index in [0.29, 0.717) is 0 Å². The lowest BCUT2D eigenvalue weighted by Gasteiger charge is -2.04. The van der Waals surface area contributed by atoms with Crippen molar-refractivity contribution in [2.75, 3.05) is 6.61 Å². The van der Waals surface area contributed by atoms with Crippen molar-refractivity contribution in [3.8, 4) is 0 Å². The van der Waals surface area contributed by atoms with Crippen LogP contribution < -0.4 is 0 Å². The molecule has 0 aliphatic heterocycles. The Kier molecular flexibility index (Phi) is 2.56. The van der Waals surface area contributed by atoms with Gasteiger partial charge in [0.15, 0.2) is 0 Å². The van der Waals surface area contributed by atoms with Gasteiger partial charge in [-0.3, -0.25) is 0 Å². The molecule has 0 heterocycles. The summed E-state index contributed by atoms with van der Waals surface area (Å²) in [6, 6.07) is 0. The highest BCUT2D eigenvalue weighted by Crippen LogP contribution is 2.24. The predicted octanol–water partition coefficient (Wildman–Crippen LogP) is 0.474. The van der Waals surface area contributed by atoms with E-state index in [1.807, 2.05) is 0 Å². The third-order valence-electron chi connectivity index (χ3n) is 1.88. The van der Waals surface area contributed by atoms with Gasteiger partial charge in [0, 0.05) is 6.61 Å². The van der Waals surface area contributed by atoms with Crippen molar-refractivity contribution in [1.82, 2.24) is 0 Å². The average molecular weight is 130 g/mol. The Bertz CT molecular complexity index is 59.5. The summed E-state index contributed by atoms with van der Waals surface area (Å²) in [6.07, 6.45) is 5.72. The van der Waals surface area contributed by atoms with Crippen LogP contribution in [0.3, 0.4) is 0 Å². The van der Waals surface area contributed by atoms with Crippen LogP contribution in [0.15, 0.2) is 0 Å². The maximum Gasteiger partial charge on any atom is 0.145 e. The first-order chi connectivity index (χ1) is 3.93. The highest BCUT2D eigenvalue weighted by atomic mass is 28.2. The molecule has 0 spiro atoms. The van der Waals surface area contributed by atoms with Gasteiger partial charge in [-0.15, -0.1) is 0 Å². The smallest absolute Gasteiger partial charge is 0.145 e. The molecular weight excluding hydrogens is 116 g/mol. The summed E-state index contributed by atoms with van der Waals surface area (Å²) in [5.41, 5.74) is 0. The molecule has 0 atom stereocenters. The van der Waals surface area contributed by atoms with Crippen molar-refractivity contribution >= 4 is 10.5 Å². The van der Waals surface area contributed by atoms with Crippen LogP contribution in [0.2, 0.25) is 0 Å². The van der Waals surface area contributed by atoms with Gasteiger partial charge in [0.05, 0.1) is 0 Å². The zero-order valence-corrected chi connectivity index (χ0v) is 7.52. The van der Waals surface area contributed by atoms with Crippen molar-refractivity contribution in [3.63, 3.8) is 0 Å². The van der Waals surface area contributed by atoms with Crippen LogP contribution in [-0.4, -0.2) is 17.1 Å². The molecule has 0 unspecified atom stereocenters. The Balaban J connectivity index is 2.06. The second-order valence-corrected chi connectivity index (χ2v) is 3.18. The molecule has 0 amide bonds. The van der Waals surface area contributed by atoms with Gasteiger partial charge in [0.25, 0.3) is 0 Å². The summed E-state index contributed by atoms with van der Waals surface area (Å²) in [7, 11) is 0.924. The van der Waals surface area contributed by atoms with E-state index in [-0.39, 0.29) is 0 Å². The van der Waals surface area contributed by atoms with E-state index in [4.69, 9.17) is 4.43 Å². The molecular formula is C6H14OSi. The number of rotatable bonds is 2. The van der Waals surface area contributed by atoms with Crippen LogP contribution in [0, 0.1) is 5.92 Å². The summed E-state index contributed by atoms with van der Waals surface area (Å²) in [4.78, 5) is 0. The van der Waals surface area contributed by atoms with Gasteiger partial charge in [-0.25, -0.2) is 0 Å². The Morgan fingerprint density at radius 1 is 1.38 bits per heavy atom. The van der Waals surface area contributed by atoms with Crippen molar-refractivity contribution in [2.24, 2.45) is 5.92 Å². The zero-order valence-electron chi connectivity index (χ0n) is 5.52. The van der Waals surface area contributed by atoms with Crippen LogP contribution in [0.5, 0.6) is 0 Å². The highest BCUT2D eigenvalue weighted by molar-refractivity contribution is 5.97. The van der Waals surface area contributed by atoms with Gasteiger partial charge >= 0.3 is 0 Å². The summed E-state index contributed by atoms with van der Waals surface area (Å²) >= 11 is 0. The molecule has 1 saturated carbocycles. The first kappa shape index (κ1) is 6.30. The molecule has 1 aliphatic carbocycles. The monoisotopic (exact) mass is 130 g/mol. The molecule has 48 valence electrons. The average Bonchev–Trinajstić information content (AvgIpc) is 2.19. The van der Waals surface area contributed by atoms with Crippen LogP contribution in [0.1, 0.15) is 25.7 Å². The SMILES string of the molecule is [SiH3]OCC1CCCC1. The fourth-order valence-electron chi connectivity index (χ4n) is 1.41. The summed E-state index contributed by atoms with van der Waals surface area (Å²) in [6.45, 7) is 1.05. The minimum atomic E-state index is 0.924. The third kappa shape index (κ3) is 1.60. The zero-order chi connectivity index (χ0) is 5.82. The molecule has 0 aromatic rings. The molecule has 1 rings (SSSR count). The Hall–Kier alpha value is 0.177. The second kappa shape index (κ2) is 3.25. The summed E-state index contributed by atoms with van der Waals surface area (Å²) in [5.74, 6) is 0.924. The third-order valence-corrected chi connectivity index (χ3v) is 2.21. The normalized spacial score (nSPS) is 22.5. The molecule has 0 radical (unpaired) electrons. The minimum absolute atomic E-state index is 0.924. The maximum atomic E-state index is 5.16. The molecule has 2 heteroatoms. The number of hydrogen-bond acceptors (Lipinski definition) is 1. The van der Waals surface area contributed by atoms with Crippen molar-refractivity contribution in [2.45, 2.75) is 25.7 Å².